The first kappa shape index (κ1) is 22.3. The summed E-state index contributed by atoms with van der Waals surface area (Å²) in [5.41, 5.74) is 2.48. The maximum absolute atomic E-state index is 12.6. The molecule has 0 bridgehead atoms. The zero-order valence-electron chi connectivity index (χ0n) is 18.1. The highest BCUT2D eigenvalue weighted by atomic mass is 16.2. The Morgan fingerprint density at radius 3 is 2.35 bits per heavy atom. The van der Waals surface area contributed by atoms with Crippen LogP contribution in [0.2, 0.25) is 0 Å². The van der Waals surface area contributed by atoms with Gasteiger partial charge in [-0.3, -0.25) is 14.4 Å². The molecular weight excluding hydrogens is 392 g/mol. The van der Waals surface area contributed by atoms with Gasteiger partial charge in [0.25, 0.3) is 11.8 Å². The molecule has 0 aliphatic carbocycles. The molecule has 2 aromatic carbocycles. The van der Waals surface area contributed by atoms with Gasteiger partial charge in [-0.25, -0.2) is 0 Å². The minimum absolute atomic E-state index is 0.0585. The first-order valence-corrected chi connectivity index (χ1v) is 10.8. The Balaban J connectivity index is 1.50. The average molecular weight is 423 g/mol. The number of carbonyl (C=O) groups is 3. The van der Waals surface area contributed by atoms with Gasteiger partial charge in [0.05, 0.1) is 6.54 Å². The molecule has 1 heterocycles. The van der Waals surface area contributed by atoms with Gasteiger partial charge in [-0.2, -0.15) is 0 Å². The van der Waals surface area contributed by atoms with Gasteiger partial charge in [0.1, 0.15) is 0 Å². The fraction of sp³-hybridized carbons (Fsp3) is 0.375. The third-order valence-corrected chi connectivity index (χ3v) is 5.40. The van der Waals surface area contributed by atoms with Crippen LogP contribution in [0.5, 0.6) is 0 Å². The van der Waals surface area contributed by atoms with Crippen LogP contribution in [0.4, 0.5) is 11.4 Å². The molecule has 3 rings (SSSR count). The van der Waals surface area contributed by atoms with E-state index in [9.17, 15) is 14.4 Å². The van der Waals surface area contributed by atoms with Crippen LogP contribution in [0.15, 0.2) is 48.5 Å². The molecule has 3 amide bonds. The number of benzene rings is 2. The summed E-state index contributed by atoms with van der Waals surface area (Å²) < 4.78 is 0. The summed E-state index contributed by atoms with van der Waals surface area (Å²) in [6.07, 6.45) is 2.10. The van der Waals surface area contributed by atoms with Crippen molar-refractivity contribution in [3.05, 3.63) is 59.7 Å². The first-order chi connectivity index (χ1) is 15.0. The van der Waals surface area contributed by atoms with E-state index in [0.29, 0.717) is 29.3 Å². The highest BCUT2D eigenvalue weighted by molar-refractivity contribution is 5.98. The Morgan fingerprint density at radius 2 is 1.68 bits per heavy atom. The van der Waals surface area contributed by atoms with E-state index in [4.69, 9.17) is 0 Å². The Hall–Kier alpha value is -3.35. The molecule has 1 aliphatic rings. The van der Waals surface area contributed by atoms with E-state index in [-0.39, 0.29) is 24.3 Å². The molecule has 0 aromatic heterocycles. The van der Waals surface area contributed by atoms with E-state index in [1.165, 1.54) is 0 Å². The zero-order valence-corrected chi connectivity index (χ0v) is 18.1. The van der Waals surface area contributed by atoms with Crippen LogP contribution in [-0.4, -0.2) is 48.8 Å². The second kappa shape index (κ2) is 10.6. The Morgan fingerprint density at radius 1 is 0.968 bits per heavy atom. The highest BCUT2D eigenvalue weighted by Gasteiger charge is 2.21. The molecule has 0 atom stereocenters. The summed E-state index contributed by atoms with van der Waals surface area (Å²) >= 11 is 0. The van der Waals surface area contributed by atoms with E-state index in [0.717, 1.165) is 31.6 Å². The molecule has 2 aromatic rings. The van der Waals surface area contributed by atoms with E-state index in [1.807, 2.05) is 24.0 Å². The quantitative estimate of drug-likeness (QED) is 0.638. The zero-order chi connectivity index (χ0) is 22.2. The number of hydrogen-bond donors (Lipinski definition) is 3. The third-order valence-electron chi connectivity index (χ3n) is 5.40. The van der Waals surface area contributed by atoms with E-state index >= 15 is 0 Å². The number of nitrogens with zero attached hydrogens (tertiary/aromatic N) is 1. The fourth-order valence-electron chi connectivity index (χ4n) is 3.51. The minimum atomic E-state index is -0.226. The summed E-state index contributed by atoms with van der Waals surface area (Å²) in [6, 6.07) is 14.0. The van der Waals surface area contributed by atoms with Crippen LogP contribution < -0.4 is 16.0 Å². The maximum Gasteiger partial charge on any atom is 0.253 e. The Labute approximate surface area is 183 Å². The highest BCUT2D eigenvalue weighted by Crippen LogP contribution is 2.19. The molecule has 7 nitrogen and oxygen atoms in total. The SMILES string of the molecule is CCNC(=O)c1cccc(NC(=O)CNc2ccc(C(=O)N3CCC(C)CC3)cc2)c1. The van der Waals surface area contributed by atoms with Crippen molar-refractivity contribution in [1.29, 1.82) is 0 Å². The standard InChI is InChI=1S/C24H30N4O3/c1-3-25-23(30)19-5-4-6-21(15-19)27-22(29)16-26-20-9-7-18(8-10-20)24(31)28-13-11-17(2)12-14-28/h4-10,15,17,26H,3,11-14,16H2,1-2H3,(H,25,30)(H,27,29). The summed E-state index contributed by atoms with van der Waals surface area (Å²) in [6.45, 7) is 6.30. The molecule has 0 saturated carbocycles. The molecule has 1 saturated heterocycles. The van der Waals surface area contributed by atoms with Crippen molar-refractivity contribution in [2.75, 3.05) is 36.8 Å². The van der Waals surface area contributed by atoms with Crippen molar-refractivity contribution in [1.82, 2.24) is 10.2 Å². The van der Waals surface area contributed by atoms with Crippen molar-refractivity contribution < 1.29 is 14.4 Å². The van der Waals surface area contributed by atoms with Crippen molar-refractivity contribution in [3.63, 3.8) is 0 Å². The number of hydrogen-bond acceptors (Lipinski definition) is 4. The average Bonchev–Trinajstić information content (AvgIpc) is 2.78. The molecule has 0 unspecified atom stereocenters. The van der Waals surface area contributed by atoms with E-state index in [1.54, 1.807) is 36.4 Å². The molecule has 1 fully saturated rings. The number of likely N-dealkylation sites (tertiary alicyclic amines) is 1. The van der Waals surface area contributed by atoms with Gasteiger partial charge < -0.3 is 20.9 Å². The van der Waals surface area contributed by atoms with Crippen LogP contribution in [-0.2, 0) is 4.79 Å². The molecule has 0 radical (unpaired) electrons. The molecule has 1 aliphatic heterocycles. The van der Waals surface area contributed by atoms with E-state index in [2.05, 4.69) is 22.9 Å². The fourth-order valence-corrected chi connectivity index (χ4v) is 3.51. The van der Waals surface area contributed by atoms with Crippen molar-refractivity contribution in [2.45, 2.75) is 26.7 Å². The van der Waals surface area contributed by atoms with Crippen molar-refractivity contribution in [2.24, 2.45) is 5.92 Å². The monoisotopic (exact) mass is 422 g/mol. The third kappa shape index (κ3) is 6.31. The predicted octanol–water partition coefficient (Wildman–Crippen LogP) is 3.36. The predicted molar refractivity (Wildman–Crippen MR) is 122 cm³/mol. The number of carbonyl (C=O) groups excluding carboxylic acids is 3. The molecule has 3 N–H and O–H groups in total. The van der Waals surface area contributed by atoms with Gasteiger partial charge in [0.2, 0.25) is 5.91 Å². The van der Waals surface area contributed by atoms with Crippen LogP contribution >= 0.6 is 0 Å². The lowest BCUT2D eigenvalue weighted by atomic mass is 9.98. The lowest BCUT2D eigenvalue weighted by Gasteiger charge is -2.30. The molecule has 0 spiro atoms. The number of rotatable bonds is 7. The molecule has 7 heteroatoms. The largest absolute Gasteiger partial charge is 0.376 e. The molecule has 31 heavy (non-hydrogen) atoms. The van der Waals surface area contributed by atoms with E-state index < -0.39 is 0 Å². The van der Waals surface area contributed by atoms with Gasteiger partial charge in [-0.1, -0.05) is 13.0 Å². The number of anilines is 2. The van der Waals surface area contributed by atoms with Gasteiger partial charge in [0.15, 0.2) is 0 Å². The van der Waals surface area contributed by atoms with Crippen LogP contribution in [0, 0.1) is 5.92 Å². The van der Waals surface area contributed by atoms with Gasteiger partial charge >= 0.3 is 0 Å². The maximum atomic E-state index is 12.6. The minimum Gasteiger partial charge on any atom is -0.376 e. The van der Waals surface area contributed by atoms with Crippen LogP contribution in [0.1, 0.15) is 47.4 Å². The summed E-state index contributed by atoms with van der Waals surface area (Å²) in [5, 5.41) is 8.57. The van der Waals surface area contributed by atoms with Crippen LogP contribution in [0.3, 0.4) is 0 Å². The van der Waals surface area contributed by atoms with Crippen molar-refractivity contribution in [3.8, 4) is 0 Å². The van der Waals surface area contributed by atoms with Crippen LogP contribution in [0.25, 0.3) is 0 Å². The summed E-state index contributed by atoms with van der Waals surface area (Å²) in [5.74, 6) is 0.335. The lowest BCUT2D eigenvalue weighted by molar-refractivity contribution is -0.114. The number of piperidine rings is 1. The normalized spacial score (nSPS) is 14.1. The Kier molecular flexibility index (Phi) is 7.65. The van der Waals surface area contributed by atoms with Crippen molar-refractivity contribution >= 4 is 29.1 Å². The second-order valence-corrected chi connectivity index (χ2v) is 7.89. The Bertz CT molecular complexity index is 919. The first-order valence-electron chi connectivity index (χ1n) is 10.8. The summed E-state index contributed by atoms with van der Waals surface area (Å²) in [7, 11) is 0. The lowest BCUT2D eigenvalue weighted by Crippen LogP contribution is -2.37. The van der Waals surface area contributed by atoms with Gasteiger partial charge in [-0.05, 0) is 68.1 Å². The van der Waals surface area contributed by atoms with Gasteiger partial charge in [-0.15, -0.1) is 0 Å². The second-order valence-electron chi connectivity index (χ2n) is 7.89. The topological polar surface area (TPSA) is 90.5 Å². The number of nitrogens with one attached hydrogen (secondary N) is 3. The number of amides is 3. The molecule has 164 valence electrons. The van der Waals surface area contributed by atoms with Gasteiger partial charge in [0, 0.05) is 42.1 Å². The summed E-state index contributed by atoms with van der Waals surface area (Å²) in [4.78, 5) is 38.7. The smallest absolute Gasteiger partial charge is 0.253 e. The molecular formula is C24H30N4O3.